The lowest BCUT2D eigenvalue weighted by Crippen LogP contribution is -2.46. The van der Waals surface area contributed by atoms with Gasteiger partial charge in [-0.3, -0.25) is 4.99 Å². The molecule has 102 valence electrons. The van der Waals surface area contributed by atoms with Crippen molar-refractivity contribution in [1.82, 2.24) is 5.32 Å². The van der Waals surface area contributed by atoms with Crippen LogP contribution in [0.4, 0.5) is 0 Å². The van der Waals surface area contributed by atoms with Crippen molar-refractivity contribution < 1.29 is 0 Å². The van der Waals surface area contributed by atoms with Crippen LogP contribution in [0.1, 0.15) is 58.8 Å². The van der Waals surface area contributed by atoms with Gasteiger partial charge in [-0.05, 0) is 50.4 Å². The molecule has 0 aromatic heterocycles. The Hall–Kier alpha value is -0.180. The number of thioether (sulfide) groups is 1. The van der Waals surface area contributed by atoms with Crippen molar-refractivity contribution in [2.75, 3.05) is 5.75 Å². The lowest BCUT2D eigenvalue weighted by atomic mass is 9.78. The maximum absolute atomic E-state index is 4.99. The lowest BCUT2D eigenvalue weighted by Gasteiger charge is -2.35. The van der Waals surface area contributed by atoms with E-state index in [1.165, 1.54) is 55.9 Å². The van der Waals surface area contributed by atoms with Gasteiger partial charge in [0.05, 0.1) is 6.04 Å². The molecular formula is C15H26N2S. The van der Waals surface area contributed by atoms with E-state index in [1.54, 1.807) is 0 Å². The first-order valence-corrected chi connectivity index (χ1v) is 8.64. The molecule has 1 heterocycles. The van der Waals surface area contributed by atoms with Gasteiger partial charge < -0.3 is 5.32 Å². The first kappa shape index (κ1) is 12.8. The standard InChI is InChI=1S/C15H26N2S/c1-11-6-8-15(9-7-11)10-18-14(17-15)16-13-5-3-4-12(13)2/h11-13H,3-10H2,1-2H3,(H,16,17). The summed E-state index contributed by atoms with van der Waals surface area (Å²) in [7, 11) is 0. The Kier molecular flexibility index (Phi) is 3.61. The summed E-state index contributed by atoms with van der Waals surface area (Å²) in [5.41, 5.74) is 0.401. The Morgan fingerprint density at radius 1 is 1.17 bits per heavy atom. The Balaban J connectivity index is 1.62. The maximum Gasteiger partial charge on any atom is 0.157 e. The average Bonchev–Trinajstić information content (AvgIpc) is 2.93. The molecule has 2 aliphatic carbocycles. The molecule has 3 fully saturated rings. The Labute approximate surface area is 115 Å². The van der Waals surface area contributed by atoms with Crippen LogP contribution in [-0.4, -0.2) is 22.5 Å². The van der Waals surface area contributed by atoms with Gasteiger partial charge in [0, 0.05) is 11.3 Å². The molecule has 18 heavy (non-hydrogen) atoms. The van der Waals surface area contributed by atoms with Crippen molar-refractivity contribution in [3.63, 3.8) is 0 Å². The fourth-order valence-corrected chi connectivity index (χ4v) is 4.90. The summed E-state index contributed by atoms with van der Waals surface area (Å²) in [6, 6.07) is 0.595. The van der Waals surface area contributed by atoms with E-state index < -0.39 is 0 Å². The summed E-state index contributed by atoms with van der Waals surface area (Å²) in [4.78, 5) is 4.99. The van der Waals surface area contributed by atoms with E-state index in [1.807, 2.05) is 11.8 Å². The van der Waals surface area contributed by atoms with Gasteiger partial charge in [-0.1, -0.05) is 32.0 Å². The van der Waals surface area contributed by atoms with Gasteiger partial charge in [-0.25, -0.2) is 0 Å². The topological polar surface area (TPSA) is 24.4 Å². The minimum absolute atomic E-state index is 0.401. The number of nitrogens with zero attached hydrogens (tertiary/aromatic N) is 1. The highest BCUT2D eigenvalue weighted by atomic mass is 32.2. The smallest absolute Gasteiger partial charge is 0.157 e. The van der Waals surface area contributed by atoms with Crippen LogP contribution in [0.2, 0.25) is 0 Å². The minimum Gasteiger partial charge on any atom is -0.359 e. The van der Waals surface area contributed by atoms with Crippen LogP contribution >= 0.6 is 11.8 Å². The summed E-state index contributed by atoms with van der Waals surface area (Å²) in [5.74, 6) is 2.97. The number of amidine groups is 1. The van der Waals surface area contributed by atoms with E-state index >= 15 is 0 Å². The molecule has 3 heteroatoms. The number of nitrogens with one attached hydrogen (secondary N) is 1. The highest BCUT2D eigenvalue weighted by Gasteiger charge is 2.40. The maximum atomic E-state index is 4.99. The van der Waals surface area contributed by atoms with Crippen LogP contribution in [0, 0.1) is 11.8 Å². The van der Waals surface area contributed by atoms with E-state index in [0.29, 0.717) is 11.6 Å². The summed E-state index contributed by atoms with van der Waals surface area (Å²) in [6.07, 6.45) is 9.52. The van der Waals surface area contributed by atoms with E-state index in [0.717, 1.165) is 11.8 Å². The summed E-state index contributed by atoms with van der Waals surface area (Å²) >= 11 is 1.98. The third kappa shape index (κ3) is 2.56. The van der Waals surface area contributed by atoms with Crippen LogP contribution in [0.15, 0.2) is 4.99 Å². The largest absolute Gasteiger partial charge is 0.359 e. The predicted molar refractivity (Wildman–Crippen MR) is 80.2 cm³/mol. The van der Waals surface area contributed by atoms with Crippen LogP contribution in [0.3, 0.4) is 0 Å². The minimum atomic E-state index is 0.401. The van der Waals surface area contributed by atoms with E-state index in [4.69, 9.17) is 4.99 Å². The van der Waals surface area contributed by atoms with Crippen LogP contribution in [-0.2, 0) is 0 Å². The van der Waals surface area contributed by atoms with Crippen LogP contribution < -0.4 is 5.32 Å². The second-order valence-corrected chi connectivity index (χ2v) is 7.75. The molecule has 1 spiro atoms. The second kappa shape index (κ2) is 5.07. The predicted octanol–water partition coefficient (Wildman–Crippen LogP) is 3.82. The molecule has 0 bridgehead atoms. The molecule has 1 N–H and O–H groups in total. The number of hydrogen-bond acceptors (Lipinski definition) is 2. The molecule has 1 saturated heterocycles. The Bertz CT molecular complexity index is 331. The average molecular weight is 266 g/mol. The van der Waals surface area contributed by atoms with Crippen LogP contribution in [0.5, 0.6) is 0 Å². The highest BCUT2D eigenvalue weighted by Crippen LogP contribution is 2.39. The van der Waals surface area contributed by atoms with Crippen molar-refractivity contribution in [3.05, 3.63) is 0 Å². The van der Waals surface area contributed by atoms with Gasteiger partial charge in [-0.15, -0.1) is 0 Å². The van der Waals surface area contributed by atoms with Crippen molar-refractivity contribution in [3.8, 4) is 0 Å². The van der Waals surface area contributed by atoms with Crippen molar-refractivity contribution in [2.45, 2.75) is 70.4 Å². The third-order valence-corrected chi connectivity index (χ3v) is 6.37. The molecule has 2 saturated carbocycles. The lowest BCUT2D eigenvalue weighted by molar-refractivity contribution is 0.250. The third-order valence-electron chi connectivity index (χ3n) is 5.19. The summed E-state index contributed by atoms with van der Waals surface area (Å²) < 4.78 is 0. The van der Waals surface area contributed by atoms with Crippen molar-refractivity contribution in [1.29, 1.82) is 0 Å². The van der Waals surface area contributed by atoms with Gasteiger partial charge >= 0.3 is 0 Å². The van der Waals surface area contributed by atoms with E-state index in [-0.39, 0.29) is 0 Å². The van der Waals surface area contributed by atoms with E-state index in [2.05, 4.69) is 19.2 Å². The summed E-state index contributed by atoms with van der Waals surface area (Å²) in [5, 5.41) is 5.04. The Morgan fingerprint density at radius 2 is 1.94 bits per heavy atom. The molecular weight excluding hydrogens is 240 g/mol. The molecule has 0 radical (unpaired) electrons. The summed E-state index contributed by atoms with van der Waals surface area (Å²) in [6.45, 7) is 4.75. The fraction of sp³-hybridized carbons (Fsp3) is 0.933. The van der Waals surface area contributed by atoms with Gasteiger partial charge in [0.1, 0.15) is 0 Å². The quantitative estimate of drug-likeness (QED) is 0.780. The number of hydrogen-bond donors (Lipinski definition) is 1. The van der Waals surface area contributed by atoms with E-state index in [9.17, 15) is 0 Å². The van der Waals surface area contributed by atoms with Gasteiger partial charge in [-0.2, -0.15) is 0 Å². The highest BCUT2D eigenvalue weighted by molar-refractivity contribution is 8.14. The molecule has 2 nitrogen and oxygen atoms in total. The second-order valence-electron chi connectivity index (χ2n) is 6.79. The first-order valence-electron chi connectivity index (χ1n) is 7.66. The molecule has 2 atom stereocenters. The fourth-order valence-electron chi connectivity index (χ4n) is 3.63. The van der Waals surface area contributed by atoms with Gasteiger partial charge in [0.2, 0.25) is 0 Å². The SMILES string of the molecule is CC1CCC2(CC1)CSC(=NC1CCCC1C)N2. The zero-order valence-electron chi connectivity index (χ0n) is 11.7. The molecule has 2 unspecified atom stereocenters. The Morgan fingerprint density at radius 3 is 2.61 bits per heavy atom. The number of aliphatic imine (C=N–C) groups is 1. The monoisotopic (exact) mass is 266 g/mol. The molecule has 0 amide bonds. The first-order chi connectivity index (χ1) is 8.67. The molecule has 3 rings (SSSR count). The zero-order valence-corrected chi connectivity index (χ0v) is 12.6. The zero-order chi connectivity index (χ0) is 12.6. The van der Waals surface area contributed by atoms with Gasteiger partial charge in [0.25, 0.3) is 0 Å². The van der Waals surface area contributed by atoms with Gasteiger partial charge in [0.15, 0.2) is 5.17 Å². The van der Waals surface area contributed by atoms with Crippen LogP contribution in [0.25, 0.3) is 0 Å². The molecule has 0 aromatic carbocycles. The molecule has 0 aromatic rings. The normalized spacial score (nSPS) is 46.8. The molecule has 1 aliphatic heterocycles. The van der Waals surface area contributed by atoms with Crippen molar-refractivity contribution in [2.24, 2.45) is 16.8 Å². The molecule has 3 aliphatic rings. The van der Waals surface area contributed by atoms with Crippen molar-refractivity contribution >= 4 is 16.9 Å². The number of rotatable bonds is 1.